The van der Waals surface area contributed by atoms with Crippen LogP contribution in [-0.2, 0) is 25.0 Å². The summed E-state index contributed by atoms with van der Waals surface area (Å²) < 4.78 is 8.24. The number of hydrogen-bond donors (Lipinski definition) is 1. The van der Waals surface area contributed by atoms with Crippen LogP contribution in [0.25, 0.3) is 10.9 Å². The van der Waals surface area contributed by atoms with E-state index in [9.17, 15) is 4.79 Å². The van der Waals surface area contributed by atoms with E-state index in [1.54, 1.807) is 12.4 Å². The summed E-state index contributed by atoms with van der Waals surface area (Å²) in [5.41, 5.74) is 5.41. The number of nitrogens with zero attached hydrogens (tertiary/aromatic N) is 2. The van der Waals surface area contributed by atoms with Crippen LogP contribution in [0.15, 0.2) is 110 Å². The lowest BCUT2D eigenvalue weighted by Crippen LogP contribution is -2.25. The quantitative estimate of drug-likeness (QED) is 0.285. The molecule has 0 aliphatic rings. The summed E-state index contributed by atoms with van der Waals surface area (Å²) in [6.45, 7) is 0.948. The van der Waals surface area contributed by atoms with E-state index in [1.165, 1.54) is 0 Å². The highest BCUT2D eigenvalue weighted by Crippen LogP contribution is 2.35. The van der Waals surface area contributed by atoms with Crippen LogP contribution in [-0.4, -0.2) is 15.5 Å². The summed E-state index contributed by atoms with van der Waals surface area (Å²) in [6, 6.07) is 30.4. The summed E-state index contributed by atoms with van der Waals surface area (Å²) >= 11 is 0. The second-order valence-electron chi connectivity index (χ2n) is 8.95. The van der Waals surface area contributed by atoms with Crippen molar-refractivity contribution in [1.29, 1.82) is 0 Å². The molecule has 0 radical (unpaired) electrons. The molecule has 1 amide bonds. The Bertz CT molecular complexity index is 1440. The predicted molar refractivity (Wildman–Crippen MR) is 143 cm³/mol. The summed E-state index contributed by atoms with van der Waals surface area (Å²) in [4.78, 5) is 17.3. The molecule has 5 aromatic rings. The molecule has 3 aromatic carbocycles. The Morgan fingerprint density at radius 2 is 1.75 bits per heavy atom. The van der Waals surface area contributed by atoms with Gasteiger partial charge in [0.05, 0.1) is 0 Å². The van der Waals surface area contributed by atoms with Crippen LogP contribution >= 0.6 is 0 Å². The number of aromatic nitrogens is 2. The molecule has 1 unspecified atom stereocenters. The number of carbonyl (C=O) groups excluding carboxylic acids is 1. The number of para-hydroxylation sites is 1. The average molecular weight is 476 g/mol. The van der Waals surface area contributed by atoms with Gasteiger partial charge in [0.25, 0.3) is 0 Å². The smallest absolute Gasteiger partial charge is 0.221 e. The molecule has 0 spiro atoms. The first-order valence-electron chi connectivity index (χ1n) is 12.1. The normalized spacial score (nSPS) is 11.8. The molecule has 1 N–H and O–H groups in total. The number of benzene rings is 3. The fourth-order valence-corrected chi connectivity index (χ4v) is 4.58. The molecule has 0 bridgehead atoms. The summed E-state index contributed by atoms with van der Waals surface area (Å²) in [6.07, 6.45) is 5.97. The summed E-state index contributed by atoms with van der Waals surface area (Å²) in [5.74, 6) is 0.662. The summed E-state index contributed by atoms with van der Waals surface area (Å²) in [7, 11) is 2.05. The Kier molecular flexibility index (Phi) is 7.08. The van der Waals surface area contributed by atoms with Gasteiger partial charge in [-0.05, 0) is 46.5 Å². The van der Waals surface area contributed by atoms with Gasteiger partial charge in [-0.1, -0.05) is 66.7 Å². The number of carbonyl (C=O) groups is 1. The molecule has 5 rings (SSSR count). The Balaban J connectivity index is 1.42. The number of fused-ring (bicyclic) bond motifs is 1. The minimum atomic E-state index is -0.120. The fraction of sp³-hybridized carbons (Fsp3) is 0.161. The van der Waals surface area contributed by atoms with Crippen molar-refractivity contribution < 1.29 is 9.53 Å². The molecule has 0 aliphatic heterocycles. The standard InChI is InChI=1S/C31H29N3O2/c1-34-21-29(27-14-5-6-15-30(27)34)28(18-31(35)33-20-24-11-8-16-32-19-24)25-12-7-13-26(17-25)36-22-23-9-3-2-4-10-23/h2-17,19,21,28H,18,20,22H2,1H3,(H,33,35). The molecule has 0 saturated carbocycles. The van der Waals surface area contributed by atoms with Gasteiger partial charge < -0.3 is 14.6 Å². The maximum atomic E-state index is 13.1. The number of aryl methyl sites for hydroxylation is 1. The average Bonchev–Trinajstić information content (AvgIpc) is 3.27. The number of pyridine rings is 1. The molecule has 5 nitrogen and oxygen atoms in total. The molecule has 2 aromatic heterocycles. The second-order valence-corrected chi connectivity index (χ2v) is 8.95. The Labute approximate surface area is 211 Å². The molecular formula is C31H29N3O2. The van der Waals surface area contributed by atoms with Crippen LogP contribution in [0.4, 0.5) is 0 Å². The van der Waals surface area contributed by atoms with Gasteiger partial charge in [0.15, 0.2) is 0 Å². The van der Waals surface area contributed by atoms with Crippen LogP contribution in [0.2, 0.25) is 0 Å². The van der Waals surface area contributed by atoms with E-state index in [1.807, 2.05) is 61.6 Å². The maximum Gasteiger partial charge on any atom is 0.221 e. The van der Waals surface area contributed by atoms with E-state index in [4.69, 9.17) is 4.74 Å². The Morgan fingerprint density at radius 1 is 0.944 bits per heavy atom. The van der Waals surface area contributed by atoms with E-state index >= 15 is 0 Å². The molecule has 36 heavy (non-hydrogen) atoms. The molecule has 1 atom stereocenters. The van der Waals surface area contributed by atoms with Crippen LogP contribution in [0.3, 0.4) is 0 Å². The first-order chi connectivity index (χ1) is 17.7. The number of nitrogens with one attached hydrogen (secondary N) is 1. The lowest BCUT2D eigenvalue weighted by Gasteiger charge is -2.18. The zero-order valence-corrected chi connectivity index (χ0v) is 20.3. The van der Waals surface area contributed by atoms with E-state index in [-0.39, 0.29) is 11.8 Å². The van der Waals surface area contributed by atoms with Crippen molar-refractivity contribution in [3.05, 3.63) is 132 Å². The van der Waals surface area contributed by atoms with Gasteiger partial charge in [0.1, 0.15) is 12.4 Å². The topological polar surface area (TPSA) is 56.2 Å². The fourth-order valence-electron chi connectivity index (χ4n) is 4.58. The second kappa shape index (κ2) is 10.9. The first kappa shape index (κ1) is 23.4. The first-order valence-corrected chi connectivity index (χ1v) is 12.1. The van der Waals surface area contributed by atoms with Crippen molar-refractivity contribution in [1.82, 2.24) is 14.9 Å². The van der Waals surface area contributed by atoms with Crippen molar-refractivity contribution in [3.8, 4) is 5.75 Å². The number of ether oxygens (including phenoxy) is 1. The van der Waals surface area contributed by atoms with E-state index in [0.29, 0.717) is 19.6 Å². The molecule has 5 heteroatoms. The molecule has 180 valence electrons. The predicted octanol–water partition coefficient (Wildman–Crippen LogP) is 5.99. The highest BCUT2D eigenvalue weighted by molar-refractivity contribution is 5.86. The monoisotopic (exact) mass is 475 g/mol. The highest BCUT2D eigenvalue weighted by atomic mass is 16.5. The lowest BCUT2D eigenvalue weighted by molar-refractivity contribution is -0.121. The van der Waals surface area contributed by atoms with E-state index < -0.39 is 0 Å². The van der Waals surface area contributed by atoms with Crippen molar-refractivity contribution >= 4 is 16.8 Å². The van der Waals surface area contributed by atoms with E-state index in [2.05, 4.69) is 57.5 Å². The van der Waals surface area contributed by atoms with Gasteiger partial charge in [-0.3, -0.25) is 9.78 Å². The van der Waals surface area contributed by atoms with Crippen LogP contribution < -0.4 is 10.1 Å². The zero-order valence-electron chi connectivity index (χ0n) is 20.3. The maximum absolute atomic E-state index is 13.1. The third kappa shape index (κ3) is 5.47. The third-order valence-corrected chi connectivity index (χ3v) is 6.41. The van der Waals surface area contributed by atoms with Crippen molar-refractivity contribution in [3.63, 3.8) is 0 Å². The van der Waals surface area contributed by atoms with Gasteiger partial charge in [-0.2, -0.15) is 0 Å². The molecule has 0 aliphatic carbocycles. The molecular weight excluding hydrogens is 446 g/mol. The van der Waals surface area contributed by atoms with Crippen LogP contribution in [0.5, 0.6) is 5.75 Å². The number of amides is 1. The van der Waals surface area contributed by atoms with Crippen molar-refractivity contribution in [2.45, 2.75) is 25.5 Å². The van der Waals surface area contributed by atoms with E-state index in [0.717, 1.165) is 38.9 Å². The molecule has 0 fully saturated rings. The van der Waals surface area contributed by atoms with Crippen molar-refractivity contribution in [2.24, 2.45) is 7.05 Å². The summed E-state index contributed by atoms with van der Waals surface area (Å²) in [5, 5.41) is 4.22. The SMILES string of the molecule is Cn1cc(C(CC(=O)NCc2cccnc2)c2cccc(OCc3ccccc3)c2)c2ccccc21. The van der Waals surface area contributed by atoms with Gasteiger partial charge in [0.2, 0.25) is 5.91 Å². The van der Waals surface area contributed by atoms with Crippen LogP contribution in [0, 0.1) is 0 Å². The zero-order chi connectivity index (χ0) is 24.7. The lowest BCUT2D eigenvalue weighted by atomic mass is 9.88. The van der Waals surface area contributed by atoms with Crippen molar-refractivity contribution in [2.75, 3.05) is 0 Å². The largest absolute Gasteiger partial charge is 0.489 e. The Hall–Kier alpha value is -4.38. The molecule has 0 saturated heterocycles. The highest BCUT2D eigenvalue weighted by Gasteiger charge is 2.23. The van der Waals surface area contributed by atoms with Gasteiger partial charge in [-0.15, -0.1) is 0 Å². The van der Waals surface area contributed by atoms with Gasteiger partial charge in [-0.25, -0.2) is 0 Å². The van der Waals surface area contributed by atoms with Gasteiger partial charge in [0, 0.05) is 55.4 Å². The minimum absolute atomic E-state index is 0.00704. The van der Waals surface area contributed by atoms with Crippen LogP contribution in [0.1, 0.15) is 34.6 Å². The molecule has 2 heterocycles. The van der Waals surface area contributed by atoms with Gasteiger partial charge >= 0.3 is 0 Å². The Morgan fingerprint density at radius 3 is 2.58 bits per heavy atom. The number of rotatable bonds is 9. The number of hydrogen-bond acceptors (Lipinski definition) is 3. The third-order valence-electron chi connectivity index (χ3n) is 6.41. The minimum Gasteiger partial charge on any atom is -0.489 e.